The van der Waals surface area contributed by atoms with Gasteiger partial charge >= 0.3 is 0 Å². The Labute approximate surface area is 151 Å². The molecule has 1 unspecified atom stereocenters. The van der Waals surface area contributed by atoms with E-state index in [2.05, 4.69) is 52.3 Å². The maximum atomic E-state index is 4.31. The normalized spacial score (nSPS) is 25.0. The minimum absolute atomic E-state index is 0.504. The Balaban J connectivity index is 1.37. The van der Waals surface area contributed by atoms with Crippen molar-refractivity contribution in [2.24, 2.45) is 12.5 Å². The molecule has 4 heteroatoms. The van der Waals surface area contributed by atoms with Gasteiger partial charge in [0.1, 0.15) is 0 Å². The van der Waals surface area contributed by atoms with Gasteiger partial charge in [0.15, 0.2) is 0 Å². The summed E-state index contributed by atoms with van der Waals surface area (Å²) in [6, 6.07) is 8.99. The highest BCUT2D eigenvalue weighted by Gasteiger charge is 2.41. The van der Waals surface area contributed by atoms with Gasteiger partial charge in [0.05, 0.1) is 6.20 Å². The van der Waals surface area contributed by atoms with Crippen molar-refractivity contribution in [2.75, 3.05) is 26.2 Å². The summed E-state index contributed by atoms with van der Waals surface area (Å²) in [6.07, 6.45) is 8.23. The van der Waals surface area contributed by atoms with E-state index in [1.165, 1.54) is 62.1 Å². The third kappa shape index (κ3) is 3.96. The minimum Gasteiger partial charge on any atom is -0.298 e. The quantitative estimate of drug-likeness (QED) is 0.855. The van der Waals surface area contributed by atoms with E-state index < -0.39 is 0 Å². The zero-order chi connectivity index (χ0) is 17.3. The van der Waals surface area contributed by atoms with E-state index in [1.807, 2.05) is 17.9 Å². The molecule has 0 radical (unpaired) electrons. The molecule has 2 saturated heterocycles. The summed E-state index contributed by atoms with van der Waals surface area (Å²) in [5.41, 5.74) is 4.67. The van der Waals surface area contributed by atoms with E-state index in [1.54, 1.807) is 0 Å². The fraction of sp³-hybridized carbons (Fsp3) is 0.571. The maximum absolute atomic E-state index is 4.31. The summed E-state index contributed by atoms with van der Waals surface area (Å²) in [5.74, 6) is 0. The molecule has 0 amide bonds. The van der Waals surface area contributed by atoms with Crippen LogP contribution >= 0.6 is 0 Å². The number of likely N-dealkylation sites (tertiary alicyclic amines) is 2. The zero-order valence-corrected chi connectivity index (χ0v) is 15.6. The monoisotopic (exact) mass is 338 g/mol. The number of aromatic nitrogens is 2. The lowest BCUT2D eigenvalue weighted by Crippen LogP contribution is -2.44. The van der Waals surface area contributed by atoms with Gasteiger partial charge in [-0.05, 0) is 50.3 Å². The first-order valence-electron chi connectivity index (χ1n) is 9.58. The SMILES string of the molecule is Cc1cccc(CN2CCCC3(CCN(Cc4cnn(C)c4)C3)C2)c1. The first kappa shape index (κ1) is 16.8. The van der Waals surface area contributed by atoms with Gasteiger partial charge in [0.2, 0.25) is 0 Å². The Bertz CT molecular complexity index is 722. The molecule has 1 atom stereocenters. The van der Waals surface area contributed by atoms with E-state index in [-0.39, 0.29) is 0 Å². The fourth-order valence-electron chi connectivity index (χ4n) is 4.82. The van der Waals surface area contributed by atoms with Crippen molar-refractivity contribution in [3.05, 3.63) is 53.3 Å². The van der Waals surface area contributed by atoms with Crippen LogP contribution in [0.4, 0.5) is 0 Å². The molecular formula is C21H30N4. The summed E-state index contributed by atoms with van der Waals surface area (Å²) in [7, 11) is 2.00. The Hall–Kier alpha value is -1.65. The molecule has 2 aliphatic heterocycles. The Morgan fingerprint density at radius 1 is 1.04 bits per heavy atom. The van der Waals surface area contributed by atoms with Crippen LogP contribution in [0.5, 0.6) is 0 Å². The first-order valence-corrected chi connectivity index (χ1v) is 9.58. The van der Waals surface area contributed by atoms with E-state index in [4.69, 9.17) is 0 Å². The lowest BCUT2D eigenvalue weighted by Gasteiger charge is -2.40. The van der Waals surface area contributed by atoms with Gasteiger partial charge in [-0.1, -0.05) is 29.8 Å². The molecule has 0 saturated carbocycles. The Morgan fingerprint density at radius 2 is 1.84 bits per heavy atom. The van der Waals surface area contributed by atoms with Crippen molar-refractivity contribution in [1.82, 2.24) is 19.6 Å². The lowest BCUT2D eigenvalue weighted by atomic mass is 9.79. The first-order chi connectivity index (χ1) is 12.1. The van der Waals surface area contributed by atoms with Gasteiger partial charge < -0.3 is 0 Å². The molecule has 4 rings (SSSR count). The molecule has 1 aromatic carbocycles. The number of hydrogen-bond acceptors (Lipinski definition) is 3. The van der Waals surface area contributed by atoms with Gasteiger partial charge in [-0.3, -0.25) is 14.5 Å². The maximum Gasteiger partial charge on any atom is 0.0534 e. The number of piperidine rings is 1. The number of rotatable bonds is 4. The second-order valence-electron chi connectivity index (χ2n) is 8.29. The van der Waals surface area contributed by atoms with E-state index in [0.29, 0.717) is 5.41 Å². The van der Waals surface area contributed by atoms with Crippen LogP contribution in [0.2, 0.25) is 0 Å². The Morgan fingerprint density at radius 3 is 2.60 bits per heavy atom. The van der Waals surface area contributed by atoms with Crippen LogP contribution in [0.3, 0.4) is 0 Å². The second kappa shape index (κ2) is 6.93. The smallest absolute Gasteiger partial charge is 0.0534 e. The van der Waals surface area contributed by atoms with Crippen molar-refractivity contribution < 1.29 is 0 Å². The molecular weight excluding hydrogens is 308 g/mol. The van der Waals surface area contributed by atoms with E-state index >= 15 is 0 Å². The second-order valence-corrected chi connectivity index (χ2v) is 8.29. The Kier molecular flexibility index (Phi) is 4.65. The number of aryl methyl sites for hydroxylation is 2. The number of hydrogen-bond donors (Lipinski definition) is 0. The minimum atomic E-state index is 0.504. The van der Waals surface area contributed by atoms with Crippen molar-refractivity contribution in [2.45, 2.75) is 39.3 Å². The molecule has 2 aromatic rings. The van der Waals surface area contributed by atoms with Crippen molar-refractivity contribution in [3.8, 4) is 0 Å². The molecule has 3 heterocycles. The van der Waals surface area contributed by atoms with Gasteiger partial charge in [-0.25, -0.2) is 0 Å². The molecule has 2 fully saturated rings. The molecule has 0 N–H and O–H groups in total. The number of benzene rings is 1. The average Bonchev–Trinajstić information content (AvgIpc) is 3.14. The van der Waals surface area contributed by atoms with Gasteiger partial charge in [0.25, 0.3) is 0 Å². The highest BCUT2D eigenvalue weighted by Crippen LogP contribution is 2.39. The van der Waals surface area contributed by atoms with E-state index in [9.17, 15) is 0 Å². The standard InChI is InChI=1S/C21H30N4/c1-18-5-3-6-19(11-18)14-24-9-4-7-21(16-24)8-10-25(17-21)15-20-12-22-23(2)13-20/h3,5-6,11-13H,4,7-10,14-17H2,1-2H3. The summed E-state index contributed by atoms with van der Waals surface area (Å²) >= 11 is 0. The predicted molar refractivity (Wildman–Crippen MR) is 101 cm³/mol. The van der Waals surface area contributed by atoms with Gasteiger partial charge in [0, 0.05) is 45.0 Å². The summed E-state index contributed by atoms with van der Waals surface area (Å²) in [6.45, 7) is 9.32. The topological polar surface area (TPSA) is 24.3 Å². The largest absolute Gasteiger partial charge is 0.298 e. The summed E-state index contributed by atoms with van der Waals surface area (Å²) in [4.78, 5) is 5.32. The van der Waals surface area contributed by atoms with Crippen LogP contribution in [0.1, 0.15) is 36.0 Å². The van der Waals surface area contributed by atoms with Crippen LogP contribution in [0.25, 0.3) is 0 Å². The highest BCUT2D eigenvalue weighted by molar-refractivity contribution is 5.22. The van der Waals surface area contributed by atoms with Crippen molar-refractivity contribution in [3.63, 3.8) is 0 Å². The van der Waals surface area contributed by atoms with Crippen LogP contribution in [0.15, 0.2) is 36.7 Å². The predicted octanol–water partition coefficient (Wildman–Crippen LogP) is 3.22. The highest BCUT2D eigenvalue weighted by atomic mass is 15.3. The molecule has 2 aliphatic rings. The molecule has 0 aliphatic carbocycles. The van der Waals surface area contributed by atoms with Crippen LogP contribution in [-0.4, -0.2) is 45.8 Å². The molecule has 0 bridgehead atoms. The average molecular weight is 338 g/mol. The number of nitrogens with zero attached hydrogens (tertiary/aromatic N) is 4. The van der Waals surface area contributed by atoms with Gasteiger partial charge in [-0.15, -0.1) is 0 Å². The third-order valence-electron chi connectivity index (χ3n) is 5.91. The summed E-state index contributed by atoms with van der Waals surface area (Å²) < 4.78 is 1.91. The van der Waals surface area contributed by atoms with Crippen molar-refractivity contribution >= 4 is 0 Å². The lowest BCUT2D eigenvalue weighted by molar-refractivity contribution is 0.0866. The van der Waals surface area contributed by atoms with Crippen molar-refractivity contribution in [1.29, 1.82) is 0 Å². The molecule has 1 spiro atoms. The van der Waals surface area contributed by atoms with Crippen LogP contribution < -0.4 is 0 Å². The van der Waals surface area contributed by atoms with Crippen LogP contribution in [0, 0.1) is 12.3 Å². The van der Waals surface area contributed by atoms with Gasteiger partial charge in [-0.2, -0.15) is 5.10 Å². The van der Waals surface area contributed by atoms with Crippen LogP contribution in [-0.2, 0) is 20.1 Å². The molecule has 4 nitrogen and oxygen atoms in total. The van der Waals surface area contributed by atoms with E-state index in [0.717, 1.165) is 13.1 Å². The third-order valence-corrected chi connectivity index (χ3v) is 5.91. The fourth-order valence-corrected chi connectivity index (χ4v) is 4.82. The molecule has 1 aromatic heterocycles. The zero-order valence-electron chi connectivity index (χ0n) is 15.6. The molecule has 134 valence electrons. The molecule has 25 heavy (non-hydrogen) atoms. The summed E-state index contributed by atoms with van der Waals surface area (Å²) in [5, 5.41) is 4.31.